The third-order valence-electron chi connectivity index (χ3n) is 2.90. The second-order valence-corrected chi connectivity index (χ2v) is 6.84. The van der Waals surface area contributed by atoms with E-state index in [1.807, 2.05) is 0 Å². The molecule has 0 saturated carbocycles. The number of nitrogens with zero attached hydrogens (tertiary/aromatic N) is 1. The van der Waals surface area contributed by atoms with E-state index in [-0.39, 0.29) is 4.90 Å². The number of rotatable bonds is 4. The monoisotopic (exact) mass is 354 g/mol. The zero-order valence-corrected chi connectivity index (χ0v) is 13.4. The maximum Gasteiger partial charge on any atom is 0.265 e. The minimum atomic E-state index is -3.65. The molecule has 0 atom stereocenters. The number of para-hydroxylation sites is 2. The highest BCUT2D eigenvalue weighted by Gasteiger charge is 2.26. The zero-order valence-electron chi connectivity index (χ0n) is 11.0. The predicted octanol–water partition coefficient (Wildman–Crippen LogP) is 3.25. The van der Waals surface area contributed by atoms with Gasteiger partial charge in [-0.15, -0.1) is 0 Å². The van der Waals surface area contributed by atoms with Crippen molar-refractivity contribution in [2.24, 2.45) is 0 Å². The van der Waals surface area contributed by atoms with Crippen LogP contribution in [0.2, 0.25) is 0 Å². The predicted molar refractivity (Wildman–Crippen MR) is 85.2 cm³/mol. The van der Waals surface area contributed by atoms with Gasteiger partial charge in [-0.1, -0.05) is 24.3 Å². The quantitative estimate of drug-likeness (QED) is 0.857. The van der Waals surface area contributed by atoms with E-state index in [2.05, 4.69) is 15.9 Å². The van der Waals surface area contributed by atoms with E-state index < -0.39 is 10.0 Å². The van der Waals surface area contributed by atoms with Crippen LogP contribution < -0.4 is 10.0 Å². The smallest absolute Gasteiger partial charge is 0.265 e. The average Bonchev–Trinajstić information content (AvgIpc) is 2.42. The van der Waals surface area contributed by atoms with Crippen LogP contribution in [0.1, 0.15) is 6.92 Å². The van der Waals surface area contributed by atoms with Crippen LogP contribution in [-0.4, -0.2) is 15.0 Å². The molecular formula is C14H15BrN2O2S. The number of sulfonamides is 1. The summed E-state index contributed by atoms with van der Waals surface area (Å²) in [6, 6.07) is 13.7. The van der Waals surface area contributed by atoms with Crippen molar-refractivity contribution in [3.63, 3.8) is 0 Å². The summed E-state index contributed by atoms with van der Waals surface area (Å²) in [6.45, 7) is 2.08. The Kier molecular flexibility index (Phi) is 4.35. The summed E-state index contributed by atoms with van der Waals surface area (Å²) in [5.74, 6) is 0. The molecule has 0 aliphatic carbocycles. The van der Waals surface area contributed by atoms with Crippen LogP contribution in [-0.2, 0) is 10.0 Å². The molecule has 0 radical (unpaired) electrons. The third kappa shape index (κ3) is 2.66. The molecule has 0 aliphatic heterocycles. The molecule has 106 valence electrons. The molecule has 0 saturated heterocycles. The summed E-state index contributed by atoms with van der Waals surface area (Å²) in [6.07, 6.45) is 0. The highest BCUT2D eigenvalue weighted by molar-refractivity contribution is 9.10. The lowest BCUT2D eigenvalue weighted by atomic mass is 10.3. The Bertz CT molecular complexity index is 717. The average molecular weight is 355 g/mol. The third-order valence-corrected chi connectivity index (χ3v) is 5.80. The highest BCUT2D eigenvalue weighted by Crippen LogP contribution is 2.31. The molecule has 2 aromatic rings. The van der Waals surface area contributed by atoms with Gasteiger partial charge in [-0.25, -0.2) is 8.42 Å². The first-order chi connectivity index (χ1) is 9.48. The molecule has 20 heavy (non-hydrogen) atoms. The van der Waals surface area contributed by atoms with E-state index in [1.54, 1.807) is 55.5 Å². The molecule has 0 aromatic heterocycles. The van der Waals surface area contributed by atoms with Crippen LogP contribution in [0.15, 0.2) is 57.9 Å². The van der Waals surface area contributed by atoms with Gasteiger partial charge in [0.25, 0.3) is 10.0 Å². The summed E-state index contributed by atoms with van der Waals surface area (Å²) >= 11 is 3.28. The highest BCUT2D eigenvalue weighted by atomic mass is 79.9. The van der Waals surface area contributed by atoms with Gasteiger partial charge in [0.2, 0.25) is 0 Å². The summed E-state index contributed by atoms with van der Waals surface area (Å²) in [7, 11) is -3.65. The number of benzene rings is 2. The Labute approximate surface area is 127 Å². The lowest BCUT2D eigenvalue weighted by Crippen LogP contribution is -2.31. The van der Waals surface area contributed by atoms with E-state index in [0.29, 0.717) is 22.4 Å². The van der Waals surface area contributed by atoms with Crippen LogP contribution in [0.3, 0.4) is 0 Å². The van der Waals surface area contributed by atoms with Crippen molar-refractivity contribution in [2.45, 2.75) is 11.8 Å². The normalized spacial score (nSPS) is 11.3. The maximum atomic E-state index is 12.8. The molecule has 2 N–H and O–H groups in total. The molecule has 0 aliphatic rings. The Balaban J connectivity index is 2.58. The second-order valence-electron chi connectivity index (χ2n) is 4.16. The standard InChI is InChI=1S/C14H15BrN2O2S/c1-2-17(13-9-5-4-8-12(13)16)20(18,19)14-10-6-3-7-11(14)15/h3-10H,2,16H2,1H3. The fraction of sp³-hybridized carbons (Fsp3) is 0.143. The van der Waals surface area contributed by atoms with Crippen LogP contribution in [0.25, 0.3) is 0 Å². The molecule has 6 heteroatoms. The van der Waals surface area contributed by atoms with E-state index in [4.69, 9.17) is 5.73 Å². The summed E-state index contributed by atoms with van der Waals surface area (Å²) in [4.78, 5) is 0.227. The first kappa shape index (κ1) is 14.9. The fourth-order valence-corrected chi connectivity index (χ4v) is 4.42. The number of nitrogen functional groups attached to an aromatic ring is 1. The second kappa shape index (κ2) is 5.85. The van der Waals surface area contributed by atoms with Gasteiger partial charge in [0.1, 0.15) is 4.90 Å². The molecule has 0 amide bonds. The van der Waals surface area contributed by atoms with E-state index in [0.717, 1.165) is 0 Å². The molecular weight excluding hydrogens is 340 g/mol. The van der Waals surface area contributed by atoms with Gasteiger partial charge >= 0.3 is 0 Å². The van der Waals surface area contributed by atoms with Gasteiger partial charge in [0.05, 0.1) is 11.4 Å². The number of hydrogen-bond acceptors (Lipinski definition) is 3. The Morgan fingerprint density at radius 3 is 2.30 bits per heavy atom. The molecule has 0 heterocycles. The van der Waals surface area contributed by atoms with E-state index in [9.17, 15) is 8.42 Å². The lowest BCUT2D eigenvalue weighted by molar-refractivity contribution is 0.591. The molecule has 2 rings (SSSR count). The van der Waals surface area contributed by atoms with Gasteiger partial charge in [-0.3, -0.25) is 4.31 Å². The van der Waals surface area contributed by atoms with Crippen molar-refractivity contribution < 1.29 is 8.42 Å². The molecule has 4 nitrogen and oxygen atoms in total. The van der Waals surface area contributed by atoms with Gasteiger partial charge in [-0.2, -0.15) is 0 Å². The van der Waals surface area contributed by atoms with Gasteiger partial charge < -0.3 is 5.73 Å². The molecule has 0 bridgehead atoms. The first-order valence-electron chi connectivity index (χ1n) is 6.10. The molecule has 0 unspecified atom stereocenters. The summed E-state index contributed by atoms with van der Waals surface area (Å²) in [5, 5.41) is 0. The summed E-state index contributed by atoms with van der Waals surface area (Å²) < 4.78 is 27.4. The Hall–Kier alpha value is -1.53. The van der Waals surface area contributed by atoms with Crippen molar-refractivity contribution >= 4 is 37.3 Å². The van der Waals surface area contributed by atoms with Crippen LogP contribution >= 0.6 is 15.9 Å². The lowest BCUT2D eigenvalue weighted by Gasteiger charge is -2.24. The Morgan fingerprint density at radius 1 is 1.10 bits per heavy atom. The number of hydrogen-bond donors (Lipinski definition) is 1. The van der Waals surface area contributed by atoms with E-state index >= 15 is 0 Å². The number of nitrogens with two attached hydrogens (primary N) is 1. The molecule has 0 fully saturated rings. The van der Waals surface area contributed by atoms with Crippen molar-refractivity contribution in [2.75, 3.05) is 16.6 Å². The number of anilines is 2. The zero-order chi connectivity index (χ0) is 14.8. The van der Waals surface area contributed by atoms with Crippen LogP contribution in [0.5, 0.6) is 0 Å². The van der Waals surface area contributed by atoms with Crippen LogP contribution in [0, 0.1) is 0 Å². The Morgan fingerprint density at radius 2 is 1.70 bits per heavy atom. The van der Waals surface area contributed by atoms with Crippen molar-refractivity contribution in [1.82, 2.24) is 0 Å². The molecule has 0 spiro atoms. The maximum absolute atomic E-state index is 12.8. The van der Waals surface area contributed by atoms with Gasteiger partial charge in [0.15, 0.2) is 0 Å². The fourth-order valence-electron chi connectivity index (χ4n) is 1.96. The number of halogens is 1. The van der Waals surface area contributed by atoms with Crippen molar-refractivity contribution in [3.05, 3.63) is 53.0 Å². The molecule has 2 aromatic carbocycles. The van der Waals surface area contributed by atoms with Gasteiger partial charge in [-0.05, 0) is 47.1 Å². The van der Waals surface area contributed by atoms with Crippen LogP contribution in [0.4, 0.5) is 11.4 Å². The van der Waals surface area contributed by atoms with Crippen molar-refractivity contribution in [1.29, 1.82) is 0 Å². The largest absolute Gasteiger partial charge is 0.397 e. The SMILES string of the molecule is CCN(c1ccccc1N)S(=O)(=O)c1ccccc1Br. The first-order valence-corrected chi connectivity index (χ1v) is 8.33. The minimum Gasteiger partial charge on any atom is -0.397 e. The summed E-state index contributed by atoms with van der Waals surface area (Å²) in [5.41, 5.74) is 6.82. The topological polar surface area (TPSA) is 63.4 Å². The van der Waals surface area contributed by atoms with Gasteiger partial charge in [0, 0.05) is 11.0 Å². The minimum absolute atomic E-state index is 0.227. The van der Waals surface area contributed by atoms with Crippen molar-refractivity contribution in [3.8, 4) is 0 Å². The van der Waals surface area contributed by atoms with E-state index in [1.165, 1.54) is 4.31 Å².